The van der Waals surface area contributed by atoms with Gasteiger partial charge in [-0.1, -0.05) is 6.42 Å². The van der Waals surface area contributed by atoms with Crippen molar-refractivity contribution >= 4 is 17.5 Å². The molecule has 1 unspecified atom stereocenters. The first-order valence-electron chi connectivity index (χ1n) is 11.2. The normalized spacial score (nSPS) is 18.6. The maximum atomic E-state index is 13.6. The zero-order valence-corrected chi connectivity index (χ0v) is 18.9. The summed E-state index contributed by atoms with van der Waals surface area (Å²) in [6, 6.07) is 9.95. The van der Waals surface area contributed by atoms with Gasteiger partial charge in [0, 0.05) is 48.6 Å². The molecule has 0 N–H and O–H groups in total. The predicted octanol–water partition coefficient (Wildman–Crippen LogP) is 3.76. The first-order valence-corrected chi connectivity index (χ1v) is 11.2. The average Bonchev–Trinajstić information content (AvgIpc) is 3.17. The molecular formula is C24H30N4O4. The van der Waals surface area contributed by atoms with Gasteiger partial charge in [0.1, 0.15) is 6.54 Å². The van der Waals surface area contributed by atoms with Crippen LogP contribution in [0, 0.1) is 16.0 Å². The van der Waals surface area contributed by atoms with Crippen LogP contribution in [0.15, 0.2) is 42.6 Å². The lowest BCUT2D eigenvalue weighted by molar-refractivity contribution is -0.384. The lowest BCUT2D eigenvalue weighted by Crippen LogP contribution is -2.55. The first-order chi connectivity index (χ1) is 15.2. The average molecular weight is 439 g/mol. The van der Waals surface area contributed by atoms with Crippen molar-refractivity contribution in [3.63, 3.8) is 0 Å². The van der Waals surface area contributed by atoms with Crippen molar-refractivity contribution in [2.24, 2.45) is 5.92 Å². The van der Waals surface area contributed by atoms with Crippen LogP contribution in [0.5, 0.6) is 0 Å². The molecule has 0 bridgehead atoms. The Hall–Kier alpha value is -3.16. The van der Waals surface area contributed by atoms with Gasteiger partial charge in [0.2, 0.25) is 11.8 Å². The highest BCUT2D eigenvalue weighted by Gasteiger charge is 2.39. The van der Waals surface area contributed by atoms with Crippen molar-refractivity contribution in [2.75, 3.05) is 13.1 Å². The van der Waals surface area contributed by atoms with Crippen molar-refractivity contribution in [3.8, 4) is 0 Å². The molecule has 4 rings (SSSR count). The molecule has 8 heteroatoms. The number of aromatic nitrogens is 1. The molecule has 1 saturated carbocycles. The molecule has 0 radical (unpaired) electrons. The van der Waals surface area contributed by atoms with Gasteiger partial charge in [0.15, 0.2) is 0 Å². The molecule has 170 valence electrons. The number of amides is 2. The second-order valence-corrected chi connectivity index (χ2v) is 9.69. The van der Waals surface area contributed by atoms with E-state index in [-0.39, 0.29) is 36.0 Å². The van der Waals surface area contributed by atoms with E-state index in [0.29, 0.717) is 13.1 Å². The van der Waals surface area contributed by atoms with Gasteiger partial charge in [-0.3, -0.25) is 19.7 Å². The highest BCUT2D eigenvalue weighted by Crippen LogP contribution is 2.35. The Morgan fingerprint density at radius 3 is 2.38 bits per heavy atom. The number of rotatable bonds is 5. The summed E-state index contributed by atoms with van der Waals surface area (Å²) >= 11 is 0. The van der Waals surface area contributed by atoms with Gasteiger partial charge in [-0.25, -0.2) is 0 Å². The summed E-state index contributed by atoms with van der Waals surface area (Å²) in [6.45, 7) is 7.11. The Bertz CT molecular complexity index is 1020. The molecule has 2 amide bonds. The first kappa shape index (κ1) is 22.0. The number of hydrogen-bond donors (Lipinski definition) is 0. The van der Waals surface area contributed by atoms with Crippen LogP contribution in [0.1, 0.15) is 57.3 Å². The van der Waals surface area contributed by atoms with Crippen molar-refractivity contribution < 1.29 is 14.5 Å². The Morgan fingerprint density at radius 2 is 1.81 bits per heavy atom. The fourth-order valence-electron chi connectivity index (χ4n) is 4.53. The van der Waals surface area contributed by atoms with E-state index in [0.717, 1.165) is 30.5 Å². The number of fused-ring (bicyclic) bond motifs is 1. The van der Waals surface area contributed by atoms with E-state index in [1.807, 2.05) is 44.0 Å². The molecule has 1 aliphatic heterocycles. The topological polar surface area (TPSA) is 88.7 Å². The van der Waals surface area contributed by atoms with E-state index in [9.17, 15) is 19.7 Å². The molecule has 1 aromatic carbocycles. The highest BCUT2D eigenvalue weighted by atomic mass is 16.6. The zero-order chi connectivity index (χ0) is 23.0. The summed E-state index contributed by atoms with van der Waals surface area (Å²) in [7, 11) is 0. The fraction of sp³-hybridized carbons (Fsp3) is 0.500. The lowest BCUT2D eigenvalue weighted by Gasteiger charge is -2.43. The number of carbonyl (C=O) groups excluding carboxylic acids is 2. The number of hydrogen-bond acceptors (Lipinski definition) is 4. The van der Waals surface area contributed by atoms with Crippen molar-refractivity contribution in [1.82, 2.24) is 14.4 Å². The van der Waals surface area contributed by atoms with Gasteiger partial charge in [-0.05, 0) is 63.4 Å². The van der Waals surface area contributed by atoms with E-state index in [1.165, 1.54) is 12.1 Å². The van der Waals surface area contributed by atoms with E-state index >= 15 is 0 Å². The summed E-state index contributed by atoms with van der Waals surface area (Å²) < 4.78 is 2.11. The summed E-state index contributed by atoms with van der Waals surface area (Å²) in [5.41, 5.74) is 1.34. The molecule has 2 heterocycles. The largest absolute Gasteiger partial charge is 0.348 e. The Kier molecular flexibility index (Phi) is 5.79. The molecule has 0 spiro atoms. The SMILES string of the molecule is CC(C)(C)N(CC(=O)N1CCn2cccc2C1c1ccc([N+](=O)[O-])cc1)C(=O)C1CCC1. The minimum Gasteiger partial charge on any atom is -0.348 e. The number of non-ortho nitro benzene ring substituents is 1. The molecule has 2 aromatic rings. The standard InChI is InChI=1S/C24H30N4O4/c1-24(2,3)27(23(30)18-6-4-7-18)16-21(29)26-15-14-25-13-5-8-20(25)22(26)17-9-11-19(12-10-17)28(31)32/h5,8-13,18,22H,4,6-7,14-16H2,1-3H3. The van der Waals surface area contributed by atoms with E-state index in [4.69, 9.17) is 0 Å². The van der Waals surface area contributed by atoms with Crippen LogP contribution in [0.4, 0.5) is 5.69 Å². The molecular weight excluding hydrogens is 408 g/mol. The Balaban J connectivity index is 1.63. The summed E-state index contributed by atoms with van der Waals surface area (Å²) in [4.78, 5) is 40.9. The fourth-order valence-corrected chi connectivity index (χ4v) is 4.53. The Morgan fingerprint density at radius 1 is 1.12 bits per heavy atom. The van der Waals surface area contributed by atoms with Gasteiger partial charge >= 0.3 is 0 Å². The van der Waals surface area contributed by atoms with Crippen LogP contribution in [0.25, 0.3) is 0 Å². The third-order valence-corrected chi connectivity index (χ3v) is 6.60. The van der Waals surface area contributed by atoms with Crippen molar-refractivity contribution in [1.29, 1.82) is 0 Å². The minimum atomic E-state index is -0.457. The van der Waals surface area contributed by atoms with Gasteiger partial charge in [-0.2, -0.15) is 0 Å². The number of nitro benzene ring substituents is 1. The van der Waals surface area contributed by atoms with Crippen LogP contribution in [0.2, 0.25) is 0 Å². The third kappa shape index (κ3) is 4.13. The molecule has 1 atom stereocenters. The van der Waals surface area contributed by atoms with Crippen LogP contribution in [-0.4, -0.2) is 49.7 Å². The monoisotopic (exact) mass is 438 g/mol. The molecule has 1 aromatic heterocycles. The van der Waals surface area contributed by atoms with E-state index in [2.05, 4.69) is 4.57 Å². The van der Waals surface area contributed by atoms with Crippen LogP contribution in [-0.2, 0) is 16.1 Å². The summed E-state index contributed by atoms with van der Waals surface area (Å²) in [5.74, 6) is -0.0288. The van der Waals surface area contributed by atoms with Crippen LogP contribution < -0.4 is 0 Å². The quantitative estimate of drug-likeness (QED) is 0.525. The van der Waals surface area contributed by atoms with E-state index in [1.54, 1.807) is 17.0 Å². The molecule has 0 saturated heterocycles. The smallest absolute Gasteiger partial charge is 0.269 e. The lowest BCUT2D eigenvalue weighted by atomic mass is 9.83. The predicted molar refractivity (Wildman–Crippen MR) is 120 cm³/mol. The number of carbonyl (C=O) groups is 2. The summed E-state index contributed by atoms with van der Waals surface area (Å²) in [5, 5.41) is 11.1. The summed E-state index contributed by atoms with van der Waals surface area (Å²) in [6.07, 6.45) is 4.83. The molecule has 32 heavy (non-hydrogen) atoms. The van der Waals surface area contributed by atoms with Gasteiger partial charge in [0.05, 0.1) is 11.0 Å². The molecule has 2 aliphatic rings. The van der Waals surface area contributed by atoms with Gasteiger partial charge in [0.25, 0.3) is 5.69 Å². The second kappa shape index (κ2) is 8.41. The minimum absolute atomic E-state index is 0.0165. The van der Waals surface area contributed by atoms with E-state index < -0.39 is 10.5 Å². The molecule has 1 aliphatic carbocycles. The van der Waals surface area contributed by atoms with Crippen molar-refractivity contribution in [3.05, 3.63) is 64.0 Å². The number of nitrogens with zero attached hydrogens (tertiary/aromatic N) is 4. The number of nitro groups is 1. The Labute approximate surface area is 188 Å². The van der Waals surface area contributed by atoms with Gasteiger partial charge < -0.3 is 14.4 Å². The second-order valence-electron chi connectivity index (χ2n) is 9.69. The van der Waals surface area contributed by atoms with Crippen LogP contribution in [0.3, 0.4) is 0 Å². The van der Waals surface area contributed by atoms with Gasteiger partial charge in [-0.15, -0.1) is 0 Å². The highest BCUT2D eigenvalue weighted by molar-refractivity contribution is 5.87. The maximum absolute atomic E-state index is 13.6. The van der Waals surface area contributed by atoms with Crippen LogP contribution >= 0.6 is 0 Å². The zero-order valence-electron chi connectivity index (χ0n) is 18.9. The molecule has 8 nitrogen and oxygen atoms in total. The third-order valence-electron chi connectivity index (χ3n) is 6.60. The molecule has 1 fully saturated rings. The number of benzene rings is 1. The maximum Gasteiger partial charge on any atom is 0.269 e. The van der Waals surface area contributed by atoms with Crippen molar-refractivity contribution in [2.45, 2.75) is 58.2 Å².